The second-order valence-corrected chi connectivity index (χ2v) is 5.76. The van der Waals surface area contributed by atoms with Crippen molar-refractivity contribution >= 4 is 21.6 Å². The molecule has 0 radical (unpaired) electrons. The van der Waals surface area contributed by atoms with Gasteiger partial charge in [0, 0.05) is 37.8 Å². The smallest absolute Gasteiger partial charge is 0.211 e. The zero-order valence-corrected chi connectivity index (χ0v) is 10.8. The Kier molecular flexibility index (Phi) is 5.24. The summed E-state index contributed by atoms with van der Waals surface area (Å²) < 4.78 is 27.1. The number of aromatic nitrogens is 2. The summed E-state index contributed by atoms with van der Waals surface area (Å²) in [6.07, 6.45) is 2.80. The van der Waals surface area contributed by atoms with Crippen LogP contribution in [0, 0.1) is 0 Å². The van der Waals surface area contributed by atoms with Crippen molar-refractivity contribution in [2.45, 2.75) is 12.8 Å². The molecule has 7 heteroatoms. The molecule has 0 saturated carbocycles. The quantitative estimate of drug-likeness (QED) is 0.731. The van der Waals surface area contributed by atoms with E-state index in [0.717, 1.165) is 5.69 Å². The fourth-order valence-electron chi connectivity index (χ4n) is 1.30. The van der Waals surface area contributed by atoms with Crippen LogP contribution < -0.4 is 4.72 Å². The topological polar surface area (TPSA) is 64.0 Å². The number of alkyl halides is 1. The monoisotopic (exact) mass is 265 g/mol. The van der Waals surface area contributed by atoms with Crippen LogP contribution in [0.25, 0.3) is 0 Å². The molecule has 0 aliphatic rings. The van der Waals surface area contributed by atoms with E-state index in [-0.39, 0.29) is 5.75 Å². The fraction of sp³-hybridized carbons (Fsp3) is 0.667. The Hall–Kier alpha value is -0.590. The van der Waals surface area contributed by atoms with Crippen LogP contribution in [0.5, 0.6) is 0 Å². The molecule has 1 heterocycles. The second kappa shape index (κ2) is 6.22. The van der Waals surface area contributed by atoms with Crippen molar-refractivity contribution in [3.8, 4) is 0 Å². The van der Waals surface area contributed by atoms with Crippen LogP contribution in [-0.4, -0.2) is 36.4 Å². The summed E-state index contributed by atoms with van der Waals surface area (Å²) >= 11 is 5.44. The molecule has 92 valence electrons. The van der Waals surface area contributed by atoms with Crippen molar-refractivity contribution in [2.24, 2.45) is 7.05 Å². The van der Waals surface area contributed by atoms with Crippen molar-refractivity contribution in [2.75, 3.05) is 18.2 Å². The minimum atomic E-state index is -3.17. The van der Waals surface area contributed by atoms with E-state index in [1.165, 1.54) is 0 Å². The van der Waals surface area contributed by atoms with Gasteiger partial charge < -0.3 is 0 Å². The summed E-state index contributed by atoms with van der Waals surface area (Å²) in [6, 6.07) is 1.87. The average molecular weight is 266 g/mol. The fourth-order valence-corrected chi connectivity index (χ4v) is 2.67. The number of hydrogen-bond acceptors (Lipinski definition) is 3. The van der Waals surface area contributed by atoms with Gasteiger partial charge in [-0.05, 0) is 12.5 Å². The van der Waals surface area contributed by atoms with Gasteiger partial charge in [0.1, 0.15) is 0 Å². The zero-order chi connectivity index (χ0) is 12.0. The highest BCUT2D eigenvalue weighted by molar-refractivity contribution is 7.89. The SMILES string of the molecule is Cn1nccc1CCNS(=O)(=O)CCCCl. The Balaban J connectivity index is 2.33. The van der Waals surface area contributed by atoms with E-state index in [9.17, 15) is 8.42 Å². The highest BCUT2D eigenvalue weighted by Crippen LogP contribution is 1.97. The van der Waals surface area contributed by atoms with Crippen LogP contribution in [0.3, 0.4) is 0 Å². The van der Waals surface area contributed by atoms with Gasteiger partial charge in [-0.15, -0.1) is 11.6 Å². The molecule has 0 spiro atoms. The van der Waals surface area contributed by atoms with Crippen molar-refractivity contribution in [1.82, 2.24) is 14.5 Å². The molecule has 0 saturated heterocycles. The zero-order valence-electron chi connectivity index (χ0n) is 9.19. The van der Waals surface area contributed by atoms with Gasteiger partial charge >= 0.3 is 0 Å². The van der Waals surface area contributed by atoms with E-state index in [1.807, 2.05) is 13.1 Å². The van der Waals surface area contributed by atoms with Crippen LogP contribution in [0.4, 0.5) is 0 Å². The highest BCUT2D eigenvalue weighted by Gasteiger charge is 2.09. The van der Waals surface area contributed by atoms with E-state index in [2.05, 4.69) is 9.82 Å². The molecule has 0 atom stereocenters. The number of hydrogen-bond donors (Lipinski definition) is 1. The van der Waals surface area contributed by atoms with Crippen molar-refractivity contribution in [1.29, 1.82) is 0 Å². The first kappa shape index (κ1) is 13.5. The first-order valence-electron chi connectivity index (χ1n) is 5.05. The Morgan fingerprint density at radius 3 is 2.88 bits per heavy atom. The number of rotatable bonds is 7. The molecule has 0 bridgehead atoms. The van der Waals surface area contributed by atoms with Gasteiger partial charge in [-0.25, -0.2) is 13.1 Å². The van der Waals surface area contributed by atoms with E-state index in [4.69, 9.17) is 11.6 Å². The van der Waals surface area contributed by atoms with Crippen LogP contribution in [0.1, 0.15) is 12.1 Å². The first-order valence-corrected chi connectivity index (χ1v) is 7.24. The molecule has 1 rings (SSSR count). The largest absolute Gasteiger partial charge is 0.273 e. The highest BCUT2D eigenvalue weighted by atomic mass is 35.5. The van der Waals surface area contributed by atoms with Gasteiger partial charge in [0.05, 0.1) is 5.75 Å². The Labute approximate surface area is 101 Å². The third-order valence-electron chi connectivity index (χ3n) is 2.17. The van der Waals surface area contributed by atoms with Gasteiger partial charge in [0.25, 0.3) is 0 Å². The summed E-state index contributed by atoms with van der Waals surface area (Å²) in [4.78, 5) is 0. The minimum Gasteiger partial charge on any atom is -0.273 e. The van der Waals surface area contributed by atoms with E-state index in [0.29, 0.717) is 25.3 Å². The first-order chi connectivity index (χ1) is 7.55. The summed E-state index contributed by atoms with van der Waals surface area (Å²) in [7, 11) is -1.34. The maximum atomic E-state index is 11.4. The lowest BCUT2D eigenvalue weighted by Gasteiger charge is -2.05. The van der Waals surface area contributed by atoms with Gasteiger partial charge in [-0.2, -0.15) is 5.10 Å². The lowest BCUT2D eigenvalue weighted by molar-refractivity contribution is 0.578. The lowest BCUT2D eigenvalue weighted by Crippen LogP contribution is -2.28. The molecule has 0 aliphatic heterocycles. The lowest BCUT2D eigenvalue weighted by atomic mass is 10.3. The van der Waals surface area contributed by atoms with Crippen LogP contribution in [-0.2, 0) is 23.5 Å². The second-order valence-electron chi connectivity index (χ2n) is 3.45. The van der Waals surface area contributed by atoms with E-state index >= 15 is 0 Å². The van der Waals surface area contributed by atoms with Crippen LogP contribution >= 0.6 is 11.6 Å². The number of aryl methyl sites for hydroxylation is 1. The maximum Gasteiger partial charge on any atom is 0.211 e. The van der Waals surface area contributed by atoms with Gasteiger partial charge in [-0.1, -0.05) is 0 Å². The van der Waals surface area contributed by atoms with Gasteiger partial charge in [0.2, 0.25) is 10.0 Å². The Bertz CT molecular complexity index is 416. The molecule has 1 aromatic rings. The Morgan fingerprint density at radius 2 is 2.31 bits per heavy atom. The molecule has 1 N–H and O–H groups in total. The predicted octanol–water partition coefficient (Wildman–Crippen LogP) is 0.511. The third-order valence-corrected chi connectivity index (χ3v) is 3.91. The van der Waals surface area contributed by atoms with Crippen molar-refractivity contribution in [3.63, 3.8) is 0 Å². The number of sulfonamides is 1. The normalized spacial score (nSPS) is 11.9. The molecule has 16 heavy (non-hydrogen) atoms. The van der Waals surface area contributed by atoms with E-state index in [1.54, 1.807) is 10.9 Å². The Morgan fingerprint density at radius 1 is 1.56 bits per heavy atom. The molecule has 1 aromatic heterocycles. The summed E-state index contributed by atoms with van der Waals surface area (Å²) in [6.45, 7) is 0.393. The minimum absolute atomic E-state index is 0.0852. The molecule has 0 aromatic carbocycles. The third kappa shape index (κ3) is 4.51. The molecular formula is C9H16ClN3O2S. The van der Waals surface area contributed by atoms with Crippen molar-refractivity contribution in [3.05, 3.63) is 18.0 Å². The standard InChI is InChI=1S/C9H16ClN3O2S/c1-13-9(3-6-11-13)4-7-12-16(14,15)8-2-5-10/h3,6,12H,2,4-5,7-8H2,1H3. The predicted molar refractivity (Wildman–Crippen MR) is 64.0 cm³/mol. The van der Waals surface area contributed by atoms with Gasteiger partial charge in [0.15, 0.2) is 0 Å². The summed E-state index contributed by atoms with van der Waals surface area (Å²) in [5, 5.41) is 4.00. The van der Waals surface area contributed by atoms with Crippen LogP contribution in [0.2, 0.25) is 0 Å². The van der Waals surface area contributed by atoms with Crippen LogP contribution in [0.15, 0.2) is 12.3 Å². The van der Waals surface area contributed by atoms with E-state index < -0.39 is 10.0 Å². The molecule has 0 amide bonds. The van der Waals surface area contributed by atoms with Gasteiger partial charge in [-0.3, -0.25) is 4.68 Å². The average Bonchev–Trinajstić information content (AvgIpc) is 2.62. The molecule has 0 aliphatic carbocycles. The molecule has 5 nitrogen and oxygen atoms in total. The molecular weight excluding hydrogens is 250 g/mol. The molecule has 0 unspecified atom stereocenters. The number of nitrogens with zero attached hydrogens (tertiary/aromatic N) is 2. The summed E-state index contributed by atoms with van der Waals surface area (Å²) in [5.74, 6) is 0.449. The summed E-state index contributed by atoms with van der Waals surface area (Å²) in [5.41, 5.74) is 1.00. The molecule has 0 fully saturated rings. The van der Waals surface area contributed by atoms with Crippen molar-refractivity contribution < 1.29 is 8.42 Å². The number of nitrogens with one attached hydrogen (secondary N) is 1. The maximum absolute atomic E-state index is 11.4. The number of halogens is 1.